The number of hydrogen-bond donors (Lipinski definition) is 1. The van der Waals surface area contributed by atoms with Crippen molar-refractivity contribution in [2.24, 2.45) is 0 Å². The van der Waals surface area contributed by atoms with Crippen LogP contribution in [-0.4, -0.2) is 31.0 Å². The number of hydrogen-bond acceptors (Lipinski definition) is 2. The van der Waals surface area contributed by atoms with Crippen molar-refractivity contribution in [2.75, 3.05) is 12.7 Å². The third kappa shape index (κ3) is 5.11. The Morgan fingerprint density at radius 1 is 1.43 bits per heavy atom. The van der Waals surface area contributed by atoms with E-state index in [1.165, 1.54) is 0 Å². The van der Waals surface area contributed by atoms with Crippen molar-refractivity contribution in [2.45, 2.75) is 18.8 Å². The van der Waals surface area contributed by atoms with Crippen molar-refractivity contribution >= 4 is 14.4 Å². The van der Waals surface area contributed by atoms with Gasteiger partial charge in [0.1, 0.15) is 0 Å². The summed E-state index contributed by atoms with van der Waals surface area (Å²) in [4.78, 5) is 10.5. The van der Waals surface area contributed by atoms with Crippen molar-refractivity contribution in [3.05, 3.63) is 0 Å². The maximum Gasteiger partial charge on any atom is 0.428 e. The Hall–Kier alpha value is -0.710. The van der Waals surface area contributed by atoms with Crippen LogP contribution in [0.2, 0.25) is 0 Å². The van der Waals surface area contributed by atoms with E-state index < -0.39 is 18.3 Å². The van der Waals surface area contributed by atoms with E-state index in [0.29, 0.717) is 0 Å². The third-order valence-electron chi connectivity index (χ3n) is 1.24. The Morgan fingerprint density at radius 2 is 2.00 bits per heavy atom. The molecular weight excluding hydrogens is 225 g/mol. The van der Waals surface area contributed by atoms with Gasteiger partial charge in [0.2, 0.25) is 0 Å². The number of halogens is 4. The van der Waals surface area contributed by atoms with E-state index in [-0.39, 0.29) is 27.6 Å². The zero-order chi connectivity index (χ0) is 11.2. The fraction of sp³-hybridized carbons (Fsp3) is 0.833. The first-order valence-corrected chi connectivity index (χ1v) is 4.67. The number of amides is 1. The zero-order valence-electron chi connectivity index (χ0n) is 6.97. The molecule has 0 bridgehead atoms. The Kier molecular flexibility index (Phi) is 5.60. The van der Waals surface area contributed by atoms with Crippen molar-refractivity contribution in [1.29, 1.82) is 0 Å². The standard InChI is InChI=1S/C6H8F4NO2P/c7-4(6(8,9)10)5(12)11-2-1-3-14-13/h4H,1-3H2,(H,11,12). The summed E-state index contributed by atoms with van der Waals surface area (Å²) in [6.45, 7) is -0.120. The quantitative estimate of drug-likeness (QED) is 0.446. The van der Waals surface area contributed by atoms with Gasteiger partial charge in [0.15, 0.2) is 8.46 Å². The molecule has 14 heavy (non-hydrogen) atoms. The minimum atomic E-state index is -5.17. The maximum atomic E-state index is 12.2. The first-order chi connectivity index (χ1) is 6.39. The van der Waals surface area contributed by atoms with Gasteiger partial charge in [-0.25, -0.2) is 4.39 Å². The van der Waals surface area contributed by atoms with Crippen molar-refractivity contribution < 1.29 is 26.9 Å². The van der Waals surface area contributed by atoms with Gasteiger partial charge in [-0.2, -0.15) is 13.2 Å². The lowest BCUT2D eigenvalue weighted by molar-refractivity contribution is -0.186. The minimum absolute atomic E-state index is 0.120. The molecule has 3 nitrogen and oxygen atoms in total. The molecule has 0 aliphatic carbocycles. The van der Waals surface area contributed by atoms with Gasteiger partial charge in [0, 0.05) is 12.7 Å². The second-order valence-electron chi connectivity index (χ2n) is 2.40. The van der Waals surface area contributed by atoms with Gasteiger partial charge in [0.25, 0.3) is 12.1 Å². The van der Waals surface area contributed by atoms with Gasteiger partial charge in [0.05, 0.1) is 0 Å². The van der Waals surface area contributed by atoms with E-state index in [2.05, 4.69) is 0 Å². The Labute approximate surface area is 79.1 Å². The largest absolute Gasteiger partial charge is 0.428 e. The van der Waals surface area contributed by atoms with E-state index in [4.69, 9.17) is 0 Å². The number of nitrogens with one attached hydrogen (secondary N) is 1. The van der Waals surface area contributed by atoms with E-state index >= 15 is 0 Å². The van der Waals surface area contributed by atoms with Gasteiger partial charge in [-0.3, -0.25) is 9.36 Å². The van der Waals surface area contributed by atoms with Crippen molar-refractivity contribution in [3.8, 4) is 0 Å². The molecular formula is C6H8F4NO2P. The molecule has 0 spiro atoms. The summed E-state index contributed by atoms with van der Waals surface area (Å²) < 4.78 is 56.8. The summed E-state index contributed by atoms with van der Waals surface area (Å²) >= 11 is 0. The summed E-state index contributed by atoms with van der Waals surface area (Å²) in [7, 11) is -0.161. The van der Waals surface area contributed by atoms with Gasteiger partial charge in [-0.05, 0) is 6.42 Å². The van der Waals surface area contributed by atoms with Gasteiger partial charge in [-0.15, -0.1) is 0 Å². The lowest BCUT2D eigenvalue weighted by Gasteiger charge is -2.11. The molecule has 0 heterocycles. The molecule has 82 valence electrons. The molecule has 0 aromatic carbocycles. The molecule has 1 N–H and O–H groups in total. The highest BCUT2D eigenvalue weighted by molar-refractivity contribution is 7.23. The fourth-order valence-corrected chi connectivity index (χ4v) is 0.881. The first kappa shape index (κ1) is 13.3. The average molecular weight is 233 g/mol. The normalized spacial score (nSPS) is 14.0. The fourth-order valence-electron chi connectivity index (χ4n) is 0.593. The van der Waals surface area contributed by atoms with Gasteiger partial charge < -0.3 is 5.32 Å². The predicted molar refractivity (Wildman–Crippen MR) is 41.1 cm³/mol. The van der Waals surface area contributed by atoms with Crippen LogP contribution >= 0.6 is 8.46 Å². The maximum absolute atomic E-state index is 12.2. The highest BCUT2D eigenvalue weighted by Crippen LogP contribution is 2.22. The summed E-state index contributed by atoms with van der Waals surface area (Å²) in [6, 6.07) is 0. The molecule has 0 aromatic heterocycles. The molecule has 1 unspecified atom stereocenters. The number of carbonyl (C=O) groups is 1. The second kappa shape index (κ2) is 5.90. The molecule has 0 rings (SSSR count). The summed E-state index contributed by atoms with van der Waals surface area (Å²) in [5, 5.41) is 1.75. The Morgan fingerprint density at radius 3 is 2.43 bits per heavy atom. The van der Waals surface area contributed by atoms with E-state index in [9.17, 15) is 26.9 Å². The summed E-state index contributed by atoms with van der Waals surface area (Å²) in [5.74, 6) is -1.71. The molecule has 0 aliphatic rings. The lowest BCUT2D eigenvalue weighted by atomic mass is 10.3. The van der Waals surface area contributed by atoms with Crippen LogP contribution in [0.15, 0.2) is 0 Å². The molecule has 0 aromatic rings. The molecule has 1 amide bonds. The predicted octanol–water partition coefficient (Wildman–Crippen LogP) is 1.68. The van der Waals surface area contributed by atoms with E-state index in [0.717, 1.165) is 0 Å². The van der Waals surface area contributed by atoms with Crippen LogP contribution in [0.4, 0.5) is 17.6 Å². The van der Waals surface area contributed by atoms with Crippen LogP contribution in [0.1, 0.15) is 6.42 Å². The highest BCUT2D eigenvalue weighted by atomic mass is 31.1. The van der Waals surface area contributed by atoms with Crippen LogP contribution in [-0.2, 0) is 9.36 Å². The summed E-state index contributed by atoms with van der Waals surface area (Å²) in [6.07, 6.45) is -8.21. The molecule has 0 saturated carbocycles. The third-order valence-corrected chi connectivity index (χ3v) is 1.74. The van der Waals surface area contributed by atoms with Crippen LogP contribution in [0.25, 0.3) is 0 Å². The average Bonchev–Trinajstić information content (AvgIpc) is 2.09. The summed E-state index contributed by atoms with van der Waals surface area (Å²) in [5.41, 5.74) is 0. The molecule has 0 radical (unpaired) electrons. The second-order valence-corrected chi connectivity index (χ2v) is 3.11. The minimum Gasteiger partial charge on any atom is -0.353 e. The Balaban J connectivity index is 3.79. The number of carbonyl (C=O) groups excluding carboxylic acids is 1. The Bertz CT molecular complexity index is 208. The van der Waals surface area contributed by atoms with Crippen LogP contribution in [0.3, 0.4) is 0 Å². The lowest BCUT2D eigenvalue weighted by Crippen LogP contribution is -2.41. The van der Waals surface area contributed by atoms with E-state index in [1.54, 1.807) is 5.32 Å². The first-order valence-electron chi connectivity index (χ1n) is 3.67. The smallest absolute Gasteiger partial charge is 0.353 e. The van der Waals surface area contributed by atoms with Crippen molar-refractivity contribution in [1.82, 2.24) is 5.32 Å². The topological polar surface area (TPSA) is 46.2 Å². The van der Waals surface area contributed by atoms with E-state index in [1.807, 2.05) is 0 Å². The molecule has 0 aliphatic heterocycles. The number of rotatable bonds is 5. The van der Waals surface area contributed by atoms with Crippen LogP contribution < -0.4 is 5.32 Å². The monoisotopic (exact) mass is 233 g/mol. The van der Waals surface area contributed by atoms with Crippen LogP contribution in [0, 0.1) is 0 Å². The SMILES string of the molecule is O=PCCCNC(=O)C(F)C(F)(F)F. The van der Waals surface area contributed by atoms with Gasteiger partial charge in [-0.1, -0.05) is 0 Å². The van der Waals surface area contributed by atoms with Crippen LogP contribution in [0.5, 0.6) is 0 Å². The molecule has 0 fully saturated rings. The molecule has 1 atom stereocenters. The van der Waals surface area contributed by atoms with Gasteiger partial charge >= 0.3 is 6.18 Å². The number of alkyl halides is 4. The highest BCUT2D eigenvalue weighted by Gasteiger charge is 2.45. The van der Waals surface area contributed by atoms with Crippen molar-refractivity contribution in [3.63, 3.8) is 0 Å². The molecule has 0 saturated heterocycles. The zero-order valence-corrected chi connectivity index (χ0v) is 7.87. The molecule has 8 heteroatoms.